The maximum Gasteiger partial charge on any atom is 0.215 e. The zero-order chi connectivity index (χ0) is 13.6. The molecule has 7 nitrogen and oxygen atoms in total. The summed E-state index contributed by atoms with van der Waals surface area (Å²) < 4.78 is 22.5. The topological polar surface area (TPSA) is 105 Å². The Labute approximate surface area is 110 Å². The van der Waals surface area contributed by atoms with Crippen LogP contribution in [0, 0.1) is 0 Å². The van der Waals surface area contributed by atoms with Gasteiger partial charge < -0.3 is 9.88 Å². The molecule has 0 aromatic carbocycles. The van der Waals surface area contributed by atoms with Crippen LogP contribution in [0.1, 0.15) is 12.5 Å². The van der Waals surface area contributed by atoms with Crippen LogP contribution in [0.2, 0.25) is 0 Å². The first-order chi connectivity index (χ1) is 9.00. The number of nitrogens with two attached hydrogens (primary N) is 1. The van der Waals surface area contributed by atoms with Gasteiger partial charge in [0.1, 0.15) is 23.0 Å². The molecule has 8 heteroatoms. The summed E-state index contributed by atoms with van der Waals surface area (Å²) in [5.74, 6) is 0.781. The van der Waals surface area contributed by atoms with Crippen molar-refractivity contribution < 1.29 is 8.42 Å². The third-order valence-electron chi connectivity index (χ3n) is 3.52. The van der Waals surface area contributed by atoms with Crippen LogP contribution in [-0.2, 0) is 16.4 Å². The molecule has 2 aromatic rings. The van der Waals surface area contributed by atoms with E-state index >= 15 is 0 Å². The van der Waals surface area contributed by atoms with Crippen LogP contribution in [0.3, 0.4) is 0 Å². The van der Waals surface area contributed by atoms with Crippen molar-refractivity contribution in [1.29, 1.82) is 0 Å². The standard InChI is InChI=1S/C11H15N5O2S/c1-2-7-3-13-10-9(7)11(15-6-14-10)16-4-8(5-16)19(12,17)18/h3,6,8H,2,4-5H2,1H3,(H2,12,17,18)(H,13,14,15). The minimum atomic E-state index is -3.46. The number of rotatable bonds is 3. The van der Waals surface area contributed by atoms with E-state index in [-0.39, 0.29) is 0 Å². The Morgan fingerprint density at radius 2 is 2.21 bits per heavy atom. The summed E-state index contributed by atoms with van der Waals surface area (Å²) in [5, 5.41) is 5.61. The Hall–Kier alpha value is -1.67. The molecule has 0 unspecified atom stereocenters. The lowest BCUT2D eigenvalue weighted by molar-refractivity contribution is 0.541. The Morgan fingerprint density at radius 3 is 2.84 bits per heavy atom. The number of aromatic nitrogens is 3. The Morgan fingerprint density at radius 1 is 1.47 bits per heavy atom. The van der Waals surface area contributed by atoms with Gasteiger partial charge in [0.15, 0.2) is 0 Å². The molecule has 19 heavy (non-hydrogen) atoms. The summed E-state index contributed by atoms with van der Waals surface area (Å²) in [6.45, 7) is 2.83. The second kappa shape index (κ2) is 4.17. The van der Waals surface area contributed by atoms with Gasteiger partial charge in [0.25, 0.3) is 0 Å². The predicted octanol–water partition coefficient (Wildman–Crippen LogP) is -0.00260. The van der Waals surface area contributed by atoms with Crippen molar-refractivity contribution in [3.8, 4) is 0 Å². The molecule has 0 atom stereocenters. The number of hydrogen-bond acceptors (Lipinski definition) is 5. The molecular weight excluding hydrogens is 266 g/mol. The van der Waals surface area contributed by atoms with Crippen molar-refractivity contribution in [1.82, 2.24) is 15.0 Å². The van der Waals surface area contributed by atoms with Crippen LogP contribution in [0.5, 0.6) is 0 Å². The molecule has 102 valence electrons. The monoisotopic (exact) mass is 281 g/mol. The Kier molecular flexibility index (Phi) is 2.72. The number of aryl methyl sites for hydroxylation is 1. The fraction of sp³-hybridized carbons (Fsp3) is 0.455. The largest absolute Gasteiger partial charge is 0.353 e. The molecule has 1 aliphatic heterocycles. The van der Waals surface area contributed by atoms with Gasteiger partial charge in [-0.15, -0.1) is 0 Å². The lowest BCUT2D eigenvalue weighted by Crippen LogP contribution is -2.57. The van der Waals surface area contributed by atoms with Crippen molar-refractivity contribution in [2.75, 3.05) is 18.0 Å². The average molecular weight is 281 g/mol. The van der Waals surface area contributed by atoms with Crippen molar-refractivity contribution >= 4 is 26.9 Å². The molecular formula is C11H15N5O2S. The molecule has 0 spiro atoms. The summed E-state index contributed by atoms with van der Waals surface area (Å²) in [4.78, 5) is 13.5. The summed E-state index contributed by atoms with van der Waals surface area (Å²) in [5.41, 5.74) is 1.91. The number of H-pyrrole nitrogens is 1. The molecule has 1 aliphatic rings. The van der Waals surface area contributed by atoms with Crippen LogP contribution in [0.25, 0.3) is 11.0 Å². The van der Waals surface area contributed by atoms with Crippen LogP contribution in [-0.4, -0.2) is 41.7 Å². The van der Waals surface area contributed by atoms with Gasteiger partial charge in [-0.2, -0.15) is 0 Å². The first kappa shape index (κ1) is 12.4. The number of fused-ring (bicyclic) bond motifs is 1. The summed E-state index contributed by atoms with van der Waals surface area (Å²) in [6.07, 6.45) is 4.27. The first-order valence-corrected chi connectivity index (χ1v) is 7.69. The van der Waals surface area contributed by atoms with Crippen molar-refractivity contribution in [2.45, 2.75) is 18.6 Å². The van der Waals surface area contributed by atoms with Crippen molar-refractivity contribution in [2.24, 2.45) is 5.14 Å². The van der Waals surface area contributed by atoms with Gasteiger partial charge in [-0.3, -0.25) is 0 Å². The summed E-state index contributed by atoms with van der Waals surface area (Å²) >= 11 is 0. The highest BCUT2D eigenvalue weighted by Gasteiger charge is 2.36. The highest BCUT2D eigenvalue weighted by atomic mass is 32.2. The van der Waals surface area contributed by atoms with Gasteiger partial charge in [0.2, 0.25) is 10.0 Å². The quantitative estimate of drug-likeness (QED) is 0.823. The second-order valence-corrected chi connectivity index (χ2v) is 6.55. The number of anilines is 1. The molecule has 1 saturated heterocycles. The molecule has 0 amide bonds. The van der Waals surface area contributed by atoms with E-state index in [1.807, 2.05) is 11.1 Å². The minimum Gasteiger partial charge on any atom is -0.353 e. The zero-order valence-electron chi connectivity index (χ0n) is 10.5. The zero-order valence-corrected chi connectivity index (χ0v) is 11.3. The molecule has 0 radical (unpaired) electrons. The van der Waals surface area contributed by atoms with Gasteiger partial charge in [0.05, 0.1) is 5.39 Å². The number of nitrogens with one attached hydrogen (secondary N) is 1. The van der Waals surface area contributed by atoms with E-state index in [1.54, 1.807) is 0 Å². The third kappa shape index (κ3) is 1.96. The summed E-state index contributed by atoms with van der Waals surface area (Å²) in [7, 11) is -3.46. The Bertz CT molecular complexity index is 718. The van der Waals surface area contributed by atoms with E-state index in [4.69, 9.17) is 5.14 Å². The molecule has 0 saturated carbocycles. The molecule has 3 heterocycles. The number of primary sulfonamides is 1. The number of hydrogen-bond donors (Lipinski definition) is 2. The van der Waals surface area contributed by atoms with E-state index in [2.05, 4.69) is 21.9 Å². The molecule has 3 rings (SSSR count). The highest BCUT2D eigenvalue weighted by molar-refractivity contribution is 7.89. The van der Waals surface area contributed by atoms with Crippen LogP contribution in [0.4, 0.5) is 5.82 Å². The predicted molar refractivity (Wildman–Crippen MR) is 72.4 cm³/mol. The van der Waals surface area contributed by atoms with Crippen molar-refractivity contribution in [3.05, 3.63) is 18.1 Å². The first-order valence-electron chi connectivity index (χ1n) is 6.08. The van der Waals surface area contributed by atoms with E-state index in [0.29, 0.717) is 13.1 Å². The fourth-order valence-electron chi connectivity index (χ4n) is 2.35. The van der Waals surface area contributed by atoms with Gasteiger partial charge in [0, 0.05) is 19.3 Å². The molecule has 0 bridgehead atoms. The lowest BCUT2D eigenvalue weighted by atomic mass is 10.1. The summed E-state index contributed by atoms with van der Waals surface area (Å²) in [6, 6.07) is 0. The maximum absolute atomic E-state index is 11.2. The normalized spacial score (nSPS) is 16.8. The molecule has 2 aromatic heterocycles. The van der Waals surface area contributed by atoms with Crippen LogP contribution >= 0.6 is 0 Å². The molecule has 1 fully saturated rings. The number of nitrogens with zero attached hydrogens (tertiary/aromatic N) is 3. The second-order valence-electron chi connectivity index (χ2n) is 4.70. The van der Waals surface area contributed by atoms with Crippen LogP contribution in [0.15, 0.2) is 12.5 Å². The van der Waals surface area contributed by atoms with Gasteiger partial charge in [-0.25, -0.2) is 23.5 Å². The third-order valence-corrected chi connectivity index (χ3v) is 4.75. The fourth-order valence-corrected chi connectivity index (χ4v) is 3.12. The number of sulfonamides is 1. The van der Waals surface area contributed by atoms with Gasteiger partial charge >= 0.3 is 0 Å². The van der Waals surface area contributed by atoms with Crippen molar-refractivity contribution in [3.63, 3.8) is 0 Å². The SMILES string of the molecule is CCc1c[nH]c2ncnc(N3CC(S(N)(=O)=O)C3)c12. The smallest absolute Gasteiger partial charge is 0.215 e. The molecule has 0 aliphatic carbocycles. The van der Waals surface area contributed by atoms with Gasteiger partial charge in [-0.1, -0.05) is 6.92 Å². The maximum atomic E-state index is 11.2. The van der Waals surface area contributed by atoms with E-state index in [0.717, 1.165) is 28.8 Å². The van der Waals surface area contributed by atoms with E-state index in [9.17, 15) is 8.42 Å². The highest BCUT2D eigenvalue weighted by Crippen LogP contribution is 2.30. The van der Waals surface area contributed by atoms with Crippen LogP contribution < -0.4 is 10.0 Å². The van der Waals surface area contributed by atoms with E-state index in [1.165, 1.54) is 6.33 Å². The minimum absolute atomic E-state index is 0.388. The number of aromatic amines is 1. The Balaban J connectivity index is 1.97. The average Bonchev–Trinajstić information content (AvgIpc) is 2.68. The lowest BCUT2D eigenvalue weighted by Gasteiger charge is -2.38. The molecule has 3 N–H and O–H groups in total. The van der Waals surface area contributed by atoms with Gasteiger partial charge in [-0.05, 0) is 12.0 Å². The van der Waals surface area contributed by atoms with E-state index < -0.39 is 15.3 Å².